The Balaban J connectivity index is 2.32. The van der Waals surface area contributed by atoms with Gasteiger partial charge in [-0.05, 0) is 50.0 Å². The average molecular weight is 196 g/mol. The maximum atomic E-state index is 10.2. The summed E-state index contributed by atoms with van der Waals surface area (Å²) < 4.78 is 0. The Morgan fingerprint density at radius 3 is 2.79 bits per heavy atom. The molecule has 4 unspecified atom stereocenters. The highest BCUT2D eigenvalue weighted by atomic mass is 16.3. The molecule has 2 aliphatic carbocycles. The van der Waals surface area contributed by atoms with Crippen molar-refractivity contribution in [3.63, 3.8) is 0 Å². The van der Waals surface area contributed by atoms with Crippen LogP contribution in [0, 0.1) is 11.8 Å². The molecule has 80 valence electrons. The molecule has 0 bridgehead atoms. The van der Waals surface area contributed by atoms with Gasteiger partial charge < -0.3 is 10.2 Å². The molecular weight excluding hydrogens is 176 g/mol. The third kappa shape index (κ3) is 1.61. The standard InChI is InChI=1S/C12H20O2/c1-8-3-4-9(13)7-11-10(8)5-6-12(11,2)14/h7-10,13-14H,3-6H2,1-2H3. The molecule has 2 aliphatic rings. The van der Waals surface area contributed by atoms with Crippen molar-refractivity contribution in [2.75, 3.05) is 0 Å². The van der Waals surface area contributed by atoms with Crippen LogP contribution in [0.25, 0.3) is 0 Å². The lowest BCUT2D eigenvalue weighted by Gasteiger charge is -2.23. The zero-order valence-electron chi connectivity index (χ0n) is 9.03. The molecule has 0 spiro atoms. The molecule has 2 heteroatoms. The maximum Gasteiger partial charge on any atom is 0.0832 e. The van der Waals surface area contributed by atoms with Gasteiger partial charge in [-0.25, -0.2) is 0 Å². The van der Waals surface area contributed by atoms with Crippen molar-refractivity contribution in [1.82, 2.24) is 0 Å². The summed E-state index contributed by atoms with van der Waals surface area (Å²) in [6, 6.07) is 0. The molecule has 0 aliphatic heterocycles. The third-order valence-corrected chi connectivity index (χ3v) is 3.94. The van der Waals surface area contributed by atoms with Gasteiger partial charge in [0.1, 0.15) is 0 Å². The Morgan fingerprint density at radius 1 is 1.36 bits per heavy atom. The van der Waals surface area contributed by atoms with Crippen molar-refractivity contribution in [3.8, 4) is 0 Å². The summed E-state index contributed by atoms with van der Waals surface area (Å²) in [6.45, 7) is 4.11. The van der Waals surface area contributed by atoms with E-state index < -0.39 is 5.60 Å². The van der Waals surface area contributed by atoms with E-state index in [9.17, 15) is 10.2 Å². The molecule has 0 aromatic heterocycles. The number of aliphatic hydroxyl groups is 2. The smallest absolute Gasteiger partial charge is 0.0832 e. The predicted molar refractivity (Wildman–Crippen MR) is 55.8 cm³/mol. The van der Waals surface area contributed by atoms with E-state index in [-0.39, 0.29) is 6.10 Å². The number of aliphatic hydroxyl groups excluding tert-OH is 1. The van der Waals surface area contributed by atoms with Crippen LogP contribution < -0.4 is 0 Å². The maximum absolute atomic E-state index is 10.2. The van der Waals surface area contributed by atoms with Crippen molar-refractivity contribution in [1.29, 1.82) is 0 Å². The van der Waals surface area contributed by atoms with Crippen molar-refractivity contribution < 1.29 is 10.2 Å². The van der Waals surface area contributed by atoms with Crippen LogP contribution in [-0.2, 0) is 0 Å². The van der Waals surface area contributed by atoms with Gasteiger partial charge in [0.05, 0.1) is 11.7 Å². The van der Waals surface area contributed by atoms with Gasteiger partial charge in [-0.1, -0.05) is 13.0 Å². The van der Waals surface area contributed by atoms with E-state index in [4.69, 9.17) is 0 Å². The summed E-state index contributed by atoms with van der Waals surface area (Å²) in [5.74, 6) is 1.11. The number of hydrogen-bond acceptors (Lipinski definition) is 2. The van der Waals surface area contributed by atoms with Gasteiger partial charge in [0.25, 0.3) is 0 Å². The van der Waals surface area contributed by atoms with Gasteiger partial charge in [-0.2, -0.15) is 0 Å². The summed E-state index contributed by atoms with van der Waals surface area (Å²) >= 11 is 0. The molecular formula is C12H20O2. The molecule has 1 fully saturated rings. The normalized spacial score (nSPS) is 48.3. The molecule has 2 nitrogen and oxygen atoms in total. The Hall–Kier alpha value is -0.340. The largest absolute Gasteiger partial charge is 0.389 e. The van der Waals surface area contributed by atoms with Crippen LogP contribution in [0.15, 0.2) is 11.6 Å². The Kier molecular flexibility index (Phi) is 2.44. The number of fused-ring (bicyclic) bond motifs is 1. The van der Waals surface area contributed by atoms with Crippen molar-refractivity contribution in [2.24, 2.45) is 11.8 Å². The molecule has 0 aromatic carbocycles. The SMILES string of the molecule is CC1CCC(O)C=C2C1CCC2(C)O. The lowest BCUT2D eigenvalue weighted by atomic mass is 9.85. The van der Waals surface area contributed by atoms with Crippen LogP contribution in [-0.4, -0.2) is 21.9 Å². The van der Waals surface area contributed by atoms with Crippen LogP contribution in [0.2, 0.25) is 0 Å². The molecule has 0 amide bonds. The molecule has 2 rings (SSSR count). The van der Waals surface area contributed by atoms with Crippen LogP contribution in [0.1, 0.15) is 39.5 Å². The predicted octanol–water partition coefficient (Wildman–Crippen LogP) is 1.86. The van der Waals surface area contributed by atoms with E-state index in [1.54, 1.807) is 0 Å². The van der Waals surface area contributed by atoms with Gasteiger partial charge in [0, 0.05) is 0 Å². The average Bonchev–Trinajstić information content (AvgIpc) is 2.29. The number of rotatable bonds is 0. The summed E-state index contributed by atoms with van der Waals surface area (Å²) in [5, 5.41) is 19.9. The Morgan fingerprint density at radius 2 is 2.07 bits per heavy atom. The fourth-order valence-corrected chi connectivity index (χ4v) is 2.96. The summed E-state index contributed by atoms with van der Waals surface area (Å²) in [6.07, 6.45) is 5.40. The minimum atomic E-state index is -0.662. The van der Waals surface area contributed by atoms with E-state index in [2.05, 4.69) is 6.92 Å². The van der Waals surface area contributed by atoms with Gasteiger partial charge in [-0.15, -0.1) is 0 Å². The fraction of sp³-hybridized carbons (Fsp3) is 0.833. The van der Waals surface area contributed by atoms with Crippen LogP contribution in [0.3, 0.4) is 0 Å². The highest BCUT2D eigenvalue weighted by Crippen LogP contribution is 2.46. The lowest BCUT2D eigenvalue weighted by Crippen LogP contribution is -2.24. The molecule has 0 aromatic rings. The van der Waals surface area contributed by atoms with Gasteiger partial charge >= 0.3 is 0 Å². The molecule has 0 heterocycles. The quantitative estimate of drug-likeness (QED) is 0.581. The second-order valence-corrected chi connectivity index (χ2v) is 5.16. The lowest BCUT2D eigenvalue weighted by molar-refractivity contribution is 0.102. The zero-order valence-corrected chi connectivity index (χ0v) is 9.03. The minimum Gasteiger partial charge on any atom is -0.389 e. The Bertz CT molecular complexity index is 255. The van der Waals surface area contributed by atoms with Crippen molar-refractivity contribution >= 4 is 0 Å². The van der Waals surface area contributed by atoms with Crippen LogP contribution in [0.5, 0.6) is 0 Å². The fourth-order valence-electron chi connectivity index (χ4n) is 2.96. The highest BCUT2D eigenvalue weighted by molar-refractivity contribution is 5.26. The number of hydrogen-bond donors (Lipinski definition) is 2. The van der Waals surface area contributed by atoms with Crippen LogP contribution >= 0.6 is 0 Å². The molecule has 4 atom stereocenters. The Labute approximate surface area is 85.6 Å². The minimum absolute atomic E-state index is 0.345. The summed E-state index contributed by atoms with van der Waals surface area (Å²) in [7, 11) is 0. The van der Waals surface area contributed by atoms with Crippen LogP contribution in [0.4, 0.5) is 0 Å². The van der Waals surface area contributed by atoms with Gasteiger partial charge in [0.15, 0.2) is 0 Å². The monoisotopic (exact) mass is 196 g/mol. The molecule has 14 heavy (non-hydrogen) atoms. The third-order valence-electron chi connectivity index (χ3n) is 3.94. The van der Waals surface area contributed by atoms with Gasteiger partial charge in [-0.3, -0.25) is 0 Å². The first-order chi connectivity index (χ1) is 6.50. The second kappa shape index (κ2) is 3.35. The van der Waals surface area contributed by atoms with E-state index in [1.807, 2.05) is 13.0 Å². The van der Waals surface area contributed by atoms with Gasteiger partial charge in [0.2, 0.25) is 0 Å². The first-order valence-electron chi connectivity index (χ1n) is 5.63. The molecule has 0 saturated heterocycles. The summed E-state index contributed by atoms with van der Waals surface area (Å²) in [4.78, 5) is 0. The van der Waals surface area contributed by atoms with E-state index >= 15 is 0 Å². The topological polar surface area (TPSA) is 40.5 Å². The van der Waals surface area contributed by atoms with E-state index in [1.165, 1.54) is 0 Å². The summed E-state index contributed by atoms with van der Waals surface area (Å²) in [5.41, 5.74) is 0.430. The second-order valence-electron chi connectivity index (χ2n) is 5.16. The van der Waals surface area contributed by atoms with Crippen molar-refractivity contribution in [3.05, 3.63) is 11.6 Å². The molecule has 2 N–H and O–H groups in total. The highest BCUT2D eigenvalue weighted by Gasteiger charge is 2.42. The van der Waals surface area contributed by atoms with Crippen molar-refractivity contribution in [2.45, 2.75) is 51.2 Å². The van der Waals surface area contributed by atoms with E-state index in [0.29, 0.717) is 11.8 Å². The van der Waals surface area contributed by atoms with E-state index in [0.717, 1.165) is 31.3 Å². The zero-order chi connectivity index (χ0) is 10.3. The molecule has 1 saturated carbocycles. The first kappa shape index (κ1) is 10.2. The first-order valence-corrected chi connectivity index (χ1v) is 5.63. The molecule has 0 radical (unpaired) electrons.